The van der Waals surface area contributed by atoms with Crippen LogP contribution in [0.25, 0.3) is 53.2 Å². The molecule has 1 spiro atoms. The first-order valence-corrected chi connectivity index (χ1v) is 27.1. The van der Waals surface area contributed by atoms with Crippen molar-refractivity contribution in [2.24, 2.45) is 0 Å². The summed E-state index contributed by atoms with van der Waals surface area (Å²) in [7, 11) is 0. The number of hydrogen-bond donors (Lipinski definition) is 0. The number of fused-ring (bicyclic) bond motifs is 15. The van der Waals surface area contributed by atoms with E-state index in [1.807, 2.05) is 29.2 Å². The van der Waals surface area contributed by atoms with E-state index in [0.717, 1.165) is 50.4 Å². The Morgan fingerprint density at radius 1 is 0.417 bits per heavy atom. The summed E-state index contributed by atoms with van der Waals surface area (Å²) in [6.07, 6.45) is 6.27. The molecule has 3 aliphatic rings. The standard InChI is InChI=1S/C67H48N2OS2/c1-4-19-43(20-5-1)52-41-48(42-58-66(52)72-64-34-17-15-30-57(64)67(58)55-28-13-10-25-49(55)50-26-11-14-29-56(50)67)68(44-21-6-2-7-22-44)46-35-37-62-53(39-46)54-40-47(36-38-63(54)71-62)69(45-23-8-3-9-24-45)59-31-18-33-61-65(59)51-27-12-16-32-60(51)70-61/h2-3,6-18,21-43H,1,4-5,19-20H2. The van der Waals surface area contributed by atoms with Gasteiger partial charge in [-0.2, -0.15) is 0 Å². The number of rotatable bonds is 7. The second-order valence-electron chi connectivity index (χ2n) is 19.7. The first-order valence-electron chi connectivity index (χ1n) is 25.4. The molecule has 0 bridgehead atoms. The Morgan fingerprint density at radius 3 is 1.71 bits per heavy atom. The molecule has 1 saturated carbocycles. The fraction of sp³-hybridized carbons (Fsp3) is 0.104. The van der Waals surface area contributed by atoms with Gasteiger partial charge in [0.15, 0.2) is 0 Å². The molecule has 0 atom stereocenters. The van der Waals surface area contributed by atoms with Crippen molar-refractivity contribution in [3.05, 3.63) is 252 Å². The molecule has 0 radical (unpaired) electrons. The quantitative estimate of drug-likeness (QED) is 0.158. The Kier molecular flexibility index (Phi) is 9.68. The summed E-state index contributed by atoms with van der Waals surface area (Å²) in [6.45, 7) is 0. The van der Waals surface area contributed by atoms with Crippen molar-refractivity contribution in [2.75, 3.05) is 9.80 Å². The van der Waals surface area contributed by atoms with Gasteiger partial charge in [-0.1, -0.05) is 158 Å². The third kappa shape index (κ3) is 6.30. The van der Waals surface area contributed by atoms with Gasteiger partial charge >= 0.3 is 0 Å². The van der Waals surface area contributed by atoms with Crippen molar-refractivity contribution in [3.63, 3.8) is 0 Å². The molecular weight excluding hydrogens is 913 g/mol. The minimum atomic E-state index is -0.478. The zero-order valence-corrected chi connectivity index (χ0v) is 41.2. The molecule has 344 valence electrons. The van der Waals surface area contributed by atoms with Crippen LogP contribution in [0.15, 0.2) is 239 Å². The fourth-order valence-electron chi connectivity index (χ4n) is 12.8. The van der Waals surface area contributed by atoms with Gasteiger partial charge in [-0.15, -0.1) is 11.3 Å². The minimum Gasteiger partial charge on any atom is -0.456 e. The maximum absolute atomic E-state index is 6.45. The van der Waals surface area contributed by atoms with Gasteiger partial charge < -0.3 is 14.2 Å². The smallest absolute Gasteiger partial charge is 0.137 e. The Morgan fingerprint density at radius 2 is 1.00 bits per heavy atom. The summed E-state index contributed by atoms with van der Waals surface area (Å²) in [5, 5.41) is 4.71. The van der Waals surface area contributed by atoms with Gasteiger partial charge in [0.25, 0.3) is 0 Å². The Labute approximate surface area is 427 Å². The maximum Gasteiger partial charge on any atom is 0.137 e. The second-order valence-corrected chi connectivity index (χ2v) is 21.9. The van der Waals surface area contributed by atoms with Crippen molar-refractivity contribution in [3.8, 4) is 11.1 Å². The molecule has 0 N–H and O–H groups in total. The van der Waals surface area contributed by atoms with E-state index in [2.05, 4.69) is 228 Å². The Hall–Kier alpha value is -7.83. The lowest BCUT2D eigenvalue weighted by Gasteiger charge is -2.42. The number of thiophene rings is 1. The number of para-hydroxylation sites is 3. The maximum atomic E-state index is 6.45. The zero-order valence-electron chi connectivity index (χ0n) is 39.6. The fourth-order valence-corrected chi connectivity index (χ4v) is 15.2. The lowest BCUT2D eigenvalue weighted by molar-refractivity contribution is 0.438. The van der Waals surface area contributed by atoms with Crippen molar-refractivity contribution < 1.29 is 4.42 Å². The predicted molar refractivity (Wildman–Crippen MR) is 303 cm³/mol. The van der Waals surface area contributed by atoms with Crippen LogP contribution < -0.4 is 9.80 Å². The van der Waals surface area contributed by atoms with E-state index in [0.29, 0.717) is 5.92 Å². The van der Waals surface area contributed by atoms with Crippen LogP contribution in [0.1, 0.15) is 65.8 Å². The van der Waals surface area contributed by atoms with Gasteiger partial charge in [0.1, 0.15) is 11.2 Å². The molecule has 3 heterocycles. The van der Waals surface area contributed by atoms with Crippen LogP contribution in [0.5, 0.6) is 0 Å². The van der Waals surface area contributed by atoms with E-state index in [1.165, 1.54) is 107 Å². The number of nitrogens with zero attached hydrogens (tertiary/aromatic N) is 2. The highest BCUT2D eigenvalue weighted by Gasteiger charge is 2.51. The summed E-state index contributed by atoms with van der Waals surface area (Å²) in [4.78, 5) is 7.75. The highest BCUT2D eigenvalue weighted by molar-refractivity contribution is 7.99. The van der Waals surface area contributed by atoms with Crippen molar-refractivity contribution in [2.45, 2.75) is 53.2 Å². The SMILES string of the molecule is c1ccc(N(c2cc(C3CCCCC3)c3c(c2)C2(c4ccccc4S3)c3ccccc3-c3ccccc32)c2ccc3sc4ccc(N(c5ccccc5)c5cccc6oc7ccccc7c56)cc4c3c2)cc1. The number of hydrogen-bond acceptors (Lipinski definition) is 5. The van der Waals surface area contributed by atoms with Gasteiger partial charge in [-0.05, 0) is 155 Å². The van der Waals surface area contributed by atoms with E-state index in [9.17, 15) is 0 Å². The zero-order chi connectivity index (χ0) is 47.3. The monoisotopic (exact) mass is 960 g/mol. The summed E-state index contributed by atoms with van der Waals surface area (Å²) in [6, 6.07) is 83.7. The van der Waals surface area contributed by atoms with Gasteiger partial charge in [0, 0.05) is 63.8 Å². The predicted octanol–water partition coefficient (Wildman–Crippen LogP) is 19.8. The Balaban J connectivity index is 0.960. The van der Waals surface area contributed by atoms with Crippen molar-refractivity contribution >= 4 is 99.3 Å². The lowest BCUT2D eigenvalue weighted by Crippen LogP contribution is -2.33. The molecule has 2 aromatic heterocycles. The van der Waals surface area contributed by atoms with Crippen LogP contribution in [0, 0.1) is 0 Å². The van der Waals surface area contributed by atoms with E-state index in [-0.39, 0.29) is 0 Å². The topological polar surface area (TPSA) is 19.6 Å². The van der Waals surface area contributed by atoms with E-state index < -0.39 is 5.41 Å². The van der Waals surface area contributed by atoms with Crippen LogP contribution in [-0.2, 0) is 5.41 Å². The third-order valence-electron chi connectivity index (χ3n) is 15.9. The highest BCUT2D eigenvalue weighted by atomic mass is 32.2. The average Bonchev–Trinajstić information content (AvgIpc) is 4.11. The number of anilines is 6. The van der Waals surface area contributed by atoms with E-state index in [1.54, 1.807) is 0 Å². The van der Waals surface area contributed by atoms with E-state index in [4.69, 9.17) is 4.42 Å². The van der Waals surface area contributed by atoms with Crippen LogP contribution in [0.4, 0.5) is 34.1 Å². The van der Waals surface area contributed by atoms with Crippen molar-refractivity contribution in [1.29, 1.82) is 0 Å². The molecule has 1 fully saturated rings. The first kappa shape index (κ1) is 41.9. The van der Waals surface area contributed by atoms with Crippen molar-refractivity contribution in [1.82, 2.24) is 0 Å². The molecule has 2 aliphatic carbocycles. The highest BCUT2D eigenvalue weighted by Crippen LogP contribution is 2.64. The molecule has 12 aromatic rings. The van der Waals surface area contributed by atoms with Crippen LogP contribution >= 0.6 is 23.1 Å². The minimum absolute atomic E-state index is 0.478. The van der Waals surface area contributed by atoms with E-state index >= 15 is 0 Å². The second kappa shape index (κ2) is 16.6. The number of furan rings is 1. The van der Waals surface area contributed by atoms with Gasteiger partial charge in [-0.3, -0.25) is 0 Å². The Bertz CT molecular complexity index is 4050. The summed E-state index contributed by atoms with van der Waals surface area (Å²) in [5.74, 6) is 0.479. The molecule has 0 unspecified atom stereocenters. The largest absolute Gasteiger partial charge is 0.456 e. The molecular formula is C67H48N2OS2. The molecule has 5 heteroatoms. The molecule has 15 rings (SSSR count). The molecule has 10 aromatic carbocycles. The molecule has 0 saturated heterocycles. The lowest BCUT2D eigenvalue weighted by atomic mass is 9.66. The molecule has 1 aliphatic heterocycles. The normalized spacial score (nSPS) is 14.7. The van der Waals surface area contributed by atoms with Gasteiger partial charge in [0.2, 0.25) is 0 Å². The van der Waals surface area contributed by atoms with Crippen LogP contribution in [0.2, 0.25) is 0 Å². The summed E-state index contributed by atoms with van der Waals surface area (Å²) >= 11 is 3.87. The summed E-state index contributed by atoms with van der Waals surface area (Å²) < 4.78 is 8.99. The van der Waals surface area contributed by atoms with Crippen LogP contribution in [0.3, 0.4) is 0 Å². The third-order valence-corrected chi connectivity index (χ3v) is 18.3. The molecule has 0 amide bonds. The average molecular weight is 961 g/mol. The first-order chi connectivity index (χ1) is 35.7. The van der Waals surface area contributed by atoms with Gasteiger partial charge in [0.05, 0.1) is 16.5 Å². The van der Waals surface area contributed by atoms with Gasteiger partial charge in [-0.25, -0.2) is 0 Å². The summed E-state index contributed by atoms with van der Waals surface area (Å²) in [5.41, 5.74) is 17.8. The number of benzene rings is 10. The van der Waals surface area contributed by atoms with Crippen LogP contribution in [-0.4, -0.2) is 0 Å². The molecule has 72 heavy (non-hydrogen) atoms. The molecule has 3 nitrogen and oxygen atoms in total.